The number of carbonyl (C=O) groups excluding carboxylic acids is 3. The molecule has 40 heavy (non-hydrogen) atoms. The summed E-state index contributed by atoms with van der Waals surface area (Å²) in [5.41, 5.74) is 12.5. The van der Waals surface area contributed by atoms with Crippen LogP contribution in [0.2, 0.25) is 0 Å². The molecule has 4 atom stereocenters. The maximum atomic E-state index is 13.8. The number of imidazole rings is 1. The van der Waals surface area contributed by atoms with E-state index < -0.39 is 35.8 Å². The number of nitrogens with zero attached hydrogens (tertiary/aromatic N) is 4. The van der Waals surface area contributed by atoms with Crippen molar-refractivity contribution in [2.45, 2.75) is 44.4 Å². The SMILES string of the molecule is Cc1c(C(=O)c2ncn3cc(C4=C(C(=O)O)N5C(=O)[C@H]([C@@H](C)O)[C@H]5[C@H]4C)sc23)cc(SCCN)c[n+]1CC(N)=O. The van der Waals surface area contributed by atoms with E-state index in [1.165, 1.54) is 41.2 Å². The minimum atomic E-state index is -1.23. The average molecular weight is 586 g/mol. The van der Waals surface area contributed by atoms with Gasteiger partial charge in [0, 0.05) is 36.9 Å². The fraction of sp³-hybridized carbons (Fsp3) is 0.385. The third-order valence-corrected chi connectivity index (χ3v) is 9.55. The van der Waals surface area contributed by atoms with Crippen LogP contribution in [0.25, 0.3) is 10.4 Å². The fourth-order valence-electron chi connectivity index (χ4n) is 5.61. The molecule has 0 aliphatic carbocycles. The molecule has 0 unspecified atom stereocenters. The predicted octanol–water partition coefficient (Wildman–Crippen LogP) is 0.412. The number of carboxylic acid groups (broad SMARTS) is 1. The molecule has 3 aromatic heterocycles. The molecule has 1 fully saturated rings. The lowest BCUT2D eigenvalue weighted by molar-refractivity contribution is -0.692. The van der Waals surface area contributed by atoms with Crippen LogP contribution in [0.5, 0.6) is 0 Å². The molecule has 0 radical (unpaired) electrons. The minimum Gasteiger partial charge on any atom is -0.477 e. The van der Waals surface area contributed by atoms with Gasteiger partial charge in [0.1, 0.15) is 22.5 Å². The standard InChI is InChI=1S/C26H28N6O6S2/c1-11-18(22(26(37)38)32-21(11)19(13(3)33)24(32)36)16-8-31-10-29-20(25(31)40-16)23(35)15-6-14(39-5-4-27)7-30(12(15)2)9-17(28)34/h6-8,10-11,13,19,21,33H,4-5,9,27H2,1-3H3,(H2-,28,34,37,38)/p+1/t11-,13+,19+,21+/m0/s1. The number of rotatable bonds is 10. The minimum absolute atomic E-state index is 0.0985. The van der Waals surface area contributed by atoms with E-state index in [1.54, 1.807) is 34.4 Å². The molecule has 6 N–H and O–H groups in total. The van der Waals surface area contributed by atoms with Crippen molar-refractivity contribution in [3.8, 4) is 0 Å². The van der Waals surface area contributed by atoms with Gasteiger partial charge in [0.2, 0.25) is 18.2 Å². The summed E-state index contributed by atoms with van der Waals surface area (Å²) in [4.78, 5) is 58.0. The summed E-state index contributed by atoms with van der Waals surface area (Å²) in [6.07, 6.45) is 4.05. The van der Waals surface area contributed by atoms with Gasteiger partial charge in [0.25, 0.3) is 5.91 Å². The number of aromatic nitrogens is 3. The molecule has 14 heteroatoms. The molecule has 0 bridgehead atoms. The average Bonchev–Trinajstić information content (AvgIpc) is 3.53. The molecule has 12 nitrogen and oxygen atoms in total. The van der Waals surface area contributed by atoms with E-state index in [9.17, 15) is 29.4 Å². The normalized spacial score (nSPS) is 21.1. The van der Waals surface area contributed by atoms with Gasteiger partial charge in [-0.15, -0.1) is 23.1 Å². The Balaban J connectivity index is 1.57. The molecule has 210 valence electrons. The van der Waals surface area contributed by atoms with Gasteiger partial charge in [-0.3, -0.25) is 18.8 Å². The third kappa shape index (κ3) is 4.40. The van der Waals surface area contributed by atoms with Crippen LogP contribution >= 0.6 is 23.1 Å². The number of pyridine rings is 1. The van der Waals surface area contributed by atoms with Gasteiger partial charge in [0.15, 0.2) is 11.9 Å². The Bertz CT molecular complexity index is 1610. The number of β-lactam (4-membered cyclic amide) rings is 1. The molecular formula is C26H29N6O6S2+. The number of fused-ring (bicyclic) bond motifs is 2. The first-order valence-corrected chi connectivity index (χ1v) is 14.4. The number of carboxylic acids is 1. The van der Waals surface area contributed by atoms with Crippen LogP contribution in [0.3, 0.4) is 0 Å². The Morgan fingerprint density at radius 3 is 2.67 bits per heavy atom. The summed E-state index contributed by atoms with van der Waals surface area (Å²) in [5, 5.41) is 20.2. The number of thiazole rings is 1. The first-order valence-electron chi connectivity index (χ1n) is 12.6. The first-order chi connectivity index (χ1) is 19.0. The molecule has 5 heterocycles. The highest BCUT2D eigenvalue weighted by molar-refractivity contribution is 7.99. The van der Waals surface area contributed by atoms with Crippen LogP contribution in [-0.2, 0) is 20.9 Å². The number of nitrogens with two attached hydrogens (primary N) is 2. The zero-order valence-electron chi connectivity index (χ0n) is 22.0. The zero-order chi connectivity index (χ0) is 29.0. The number of carbonyl (C=O) groups is 4. The molecule has 2 aliphatic rings. The highest BCUT2D eigenvalue weighted by Crippen LogP contribution is 2.51. The molecule has 0 saturated carbocycles. The van der Waals surface area contributed by atoms with E-state index in [1.807, 2.05) is 6.92 Å². The summed E-state index contributed by atoms with van der Waals surface area (Å²) in [5.74, 6) is -2.94. The van der Waals surface area contributed by atoms with Crippen molar-refractivity contribution in [1.29, 1.82) is 0 Å². The van der Waals surface area contributed by atoms with E-state index in [2.05, 4.69) is 4.98 Å². The summed E-state index contributed by atoms with van der Waals surface area (Å²) in [7, 11) is 0. The maximum Gasteiger partial charge on any atom is 0.352 e. The largest absolute Gasteiger partial charge is 0.477 e. The molecule has 0 spiro atoms. The van der Waals surface area contributed by atoms with Crippen LogP contribution in [0.15, 0.2) is 35.4 Å². The van der Waals surface area contributed by atoms with E-state index in [4.69, 9.17) is 11.5 Å². The molecule has 2 aliphatic heterocycles. The van der Waals surface area contributed by atoms with Gasteiger partial charge in [-0.2, -0.15) is 4.57 Å². The van der Waals surface area contributed by atoms with Gasteiger partial charge in [0.05, 0.1) is 33.4 Å². The van der Waals surface area contributed by atoms with Gasteiger partial charge >= 0.3 is 5.97 Å². The highest BCUT2D eigenvalue weighted by atomic mass is 32.2. The van der Waals surface area contributed by atoms with E-state index in [0.29, 0.717) is 38.8 Å². The molecule has 3 aromatic rings. The summed E-state index contributed by atoms with van der Waals surface area (Å²) in [6.45, 7) is 5.44. The van der Waals surface area contributed by atoms with Crippen molar-refractivity contribution < 1.29 is 34.0 Å². The summed E-state index contributed by atoms with van der Waals surface area (Å²) in [6, 6.07) is 1.29. The predicted molar refractivity (Wildman–Crippen MR) is 146 cm³/mol. The lowest BCUT2D eigenvalue weighted by Crippen LogP contribution is -2.63. The van der Waals surface area contributed by atoms with Crippen molar-refractivity contribution >= 4 is 57.1 Å². The van der Waals surface area contributed by atoms with E-state index in [0.717, 1.165) is 4.90 Å². The van der Waals surface area contributed by atoms with Gasteiger partial charge in [-0.25, -0.2) is 9.78 Å². The quantitative estimate of drug-likeness (QED) is 0.113. The second-order valence-corrected chi connectivity index (χ2v) is 12.2. The van der Waals surface area contributed by atoms with Crippen LogP contribution in [0, 0.1) is 18.8 Å². The van der Waals surface area contributed by atoms with E-state index in [-0.39, 0.29) is 29.6 Å². The van der Waals surface area contributed by atoms with Crippen molar-refractivity contribution in [2.75, 3.05) is 12.3 Å². The Morgan fingerprint density at radius 1 is 1.32 bits per heavy atom. The highest BCUT2D eigenvalue weighted by Gasteiger charge is 2.60. The lowest BCUT2D eigenvalue weighted by Gasteiger charge is -2.46. The Kier molecular flexibility index (Phi) is 7.29. The van der Waals surface area contributed by atoms with Crippen molar-refractivity contribution in [3.05, 3.63) is 52.3 Å². The number of amides is 2. The van der Waals surface area contributed by atoms with Gasteiger partial charge < -0.3 is 26.6 Å². The second kappa shape index (κ2) is 10.4. The van der Waals surface area contributed by atoms with Crippen LogP contribution in [0.1, 0.15) is 40.5 Å². The number of aliphatic hydroxyl groups is 1. The van der Waals surface area contributed by atoms with E-state index >= 15 is 0 Å². The number of primary amides is 1. The van der Waals surface area contributed by atoms with Crippen molar-refractivity contribution in [1.82, 2.24) is 14.3 Å². The monoisotopic (exact) mass is 585 g/mol. The Hall–Kier alpha value is -3.59. The Morgan fingerprint density at radius 2 is 2.05 bits per heavy atom. The first kappa shape index (κ1) is 28.0. The lowest BCUT2D eigenvalue weighted by atomic mass is 9.77. The Labute approximate surface area is 237 Å². The smallest absolute Gasteiger partial charge is 0.352 e. The number of aliphatic carboxylic acids is 1. The molecule has 0 aromatic carbocycles. The zero-order valence-corrected chi connectivity index (χ0v) is 23.7. The number of aliphatic hydroxyl groups excluding tert-OH is 1. The van der Waals surface area contributed by atoms with Crippen molar-refractivity contribution in [3.63, 3.8) is 0 Å². The van der Waals surface area contributed by atoms with Gasteiger partial charge in [-0.05, 0) is 13.0 Å². The number of hydrogen-bond acceptors (Lipinski definition) is 9. The van der Waals surface area contributed by atoms with Gasteiger partial charge in [-0.1, -0.05) is 6.92 Å². The summed E-state index contributed by atoms with van der Waals surface area (Å²) < 4.78 is 3.29. The topological polar surface area (TPSA) is 185 Å². The molecular weight excluding hydrogens is 556 g/mol. The molecule has 5 rings (SSSR count). The fourth-order valence-corrected chi connectivity index (χ4v) is 7.58. The van der Waals surface area contributed by atoms with Crippen LogP contribution in [0.4, 0.5) is 0 Å². The number of hydrogen-bond donors (Lipinski definition) is 4. The third-order valence-electron chi connectivity index (χ3n) is 7.41. The summed E-state index contributed by atoms with van der Waals surface area (Å²) >= 11 is 2.66. The molecule has 1 saturated heterocycles. The van der Waals surface area contributed by atoms with Crippen LogP contribution in [-0.4, -0.2) is 72.5 Å². The second-order valence-electron chi connectivity index (χ2n) is 9.96. The molecule has 2 amide bonds. The van der Waals surface area contributed by atoms with Crippen LogP contribution < -0.4 is 16.0 Å². The maximum absolute atomic E-state index is 13.8. The number of thioether (sulfide) groups is 1. The number of ketones is 1. The van der Waals surface area contributed by atoms with Crippen molar-refractivity contribution in [2.24, 2.45) is 23.3 Å².